The van der Waals surface area contributed by atoms with Crippen LogP contribution in [0.25, 0.3) is 0 Å². The van der Waals surface area contributed by atoms with E-state index < -0.39 is 5.66 Å². The maximum Gasteiger partial charge on any atom is 0.255 e. The predicted molar refractivity (Wildman–Crippen MR) is 87.5 cm³/mol. The van der Waals surface area contributed by atoms with Crippen LogP contribution in [0.15, 0.2) is 24.3 Å². The van der Waals surface area contributed by atoms with Gasteiger partial charge in [-0.25, -0.2) is 0 Å². The second-order valence-electron chi connectivity index (χ2n) is 7.29. The molecular weight excluding hydrogens is 306 g/mol. The molecule has 1 aromatic rings. The van der Waals surface area contributed by atoms with Crippen LogP contribution in [0.4, 0.5) is 5.69 Å². The number of para-hydroxylation sites is 1. The van der Waals surface area contributed by atoms with Crippen molar-refractivity contribution >= 4 is 17.5 Å². The van der Waals surface area contributed by atoms with Crippen LogP contribution in [0.5, 0.6) is 0 Å². The second kappa shape index (κ2) is 4.96. The van der Waals surface area contributed by atoms with Crippen molar-refractivity contribution in [2.45, 2.75) is 56.0 Å². The fourth-order valence-corrected chi connectivity index (χ4v) is 4.95. The first-order chi connectivity index (χ1) is 11.7. The van der Waals surface area contributed by atoms with Crippen molar-refractivity contribution in [1.29, 1.82) is 0 Å². The number of nitrogens with one attached hydrogen (secondary N) is 2. The number of fused-ring (bicyclic) bond motifs is 4. The zero-order chi connectivity index (χ0) is 16.3. The lowest BCUT2D eigenvalue weighted by Crippen LogP contribution is -2.64. The number of anilines is 1. The van der Waals surface area contributed by atoms with E-state index in [1.54, 1.807) is 0 Å². The van der Waals surface area contributed by atoms with Crippen LogP contribution in [0, 0.1) is 0 Å². The largest absolute Gasteiger partial charge is 0.368 e. The summed E-state index contributed by atoms with van der Waals surface area (Å²) >= 11 is 0. The molecule has 0 radical (unpaired) electrons. The molecule has 2 amide bonds. The van der Waals surface area contributed by atoms with Crippen molar-refractivity contribution in [2.24, 2.45) is 0 Å². The van der Waals surface area contributed by atoms with Gasteiger partial charge in [0.2, 0.25) is 0 Å². The molecule has 126 valence electrons. The Morgan fingerprint density at radius 2 is 2.08 bits per heavy atom. The van der Waals surface area contributed by atoms with Crippen molar-refractivity contribution in [3.8, 4) is 0 Å². The van der Waals surface area contributed by atoms with Gasteiger partial charge in [0.1, 0.15) is 11.8 Å². The summed E-state index contributed by atoms with van der Waals surface area (Å²) in [7, 11) is 0. The second-order valence-corrected chi connectivity index (χ2v) is 7.29. The molecular formula is C18H21N3O3. The minimum atomic E-state index is -0.539. The van der Waals surface area contributed by atoms with E-state index in [0.29, 0.717) is 12.2 Å². The quantitative estimate of drug-likeness (QED) is 0.820. The van der Waals surface area contributed by atoms with Gasteiger partial charge in [0.25, 0.3) is 11.8 Å². The molecule has 1 aromatic carbocycles. The number of carbonyl (C=O) groups excluding carboxylic acids is 2. The molecule has 0 aliphatic carbocycles. The van der Waals surface area contributed by atoms with E-state index in [4.69, 9.17) is 4.74 Å². The Balaban J connectivity index is 1.47. The number of rotatable bonds is 1. The number of carbonyl (C=O) groups is 2. The molecule has 4 aliphatic heterocycles. The molecule has 4 heterocycles. The van der Waals surface area contributed by atoms with Gasteiger partial charge in [0.05, 0.1) is 11.6 Å². The molecule has 3 fully saturated rings. The predicted octanol–water partition coefficient (Wildman–Crippen LogP) is 1.48. The normalized spacial score (nSPS) is 36.6. The fraction of sp³-hybridized carbons (Fsp3) is 0.556. The van der Waals surface area contributed by atoms with Crippen molar-refractivity contribution < 1.29 is 14.3 Å². The van der Waals surface area contributed by atoms with Gasteiger partial charge < -0.3 is 20.3 Å². The molecule has 3 saturated heterocycles. The summed E-state index contributed by atoms with van der Waals surface area (Å²) in [4.78, 5) is 27.5. The Kier molecular flexibility index (Phi) is 2.95. The lowest BCUT2D eigenvalue weighted by Gasteiger charge is -2.43. The number of ether oxygens (including phenoxy) is 1. The number of nitrogens with zero attached hydrogens (tertiary/aromatic N) is 1. The highest BCUT2D eigenvalue weighted by atomic mass is 16.5. The van der Waals surface area contributed by atoms with E-state index in [2.05, 4.69) is 10.6 Å². The highest BCUT2D eigenvalue weighted by molar-refractivity contribution is 6.02. The van der Waals surface area contributed by atoms with Gasteiger partial charge in [-0.05, 0) is 37.8 Å². The fourth-order valence-electron chi connectivity index (χ4n) is 4.95. The van der Waals surface area contributed by atoms with Crippen molar-refractivity contribution in [1.82, 2.24) is 10.2 Å². The monoisotopic (exact) mass is 327 g/mol. The van der Waals surface area contributed by atoms with Crippen LogP contribution in [0.2, 0.25) is 0 Å². The van der Waals surface area contributed by atoms with Gasteiger partial charge in [0, 0.05) is 24.8 Å². The SMILES string of the molecule is O=C1N[C@@]2(C[C@H]3CC[C@@H]2N3C(=O)[C@@H]2CCCO2)Nc2ccccc21. The summed E-state index contributed by atoms with van der Waals surface area (Å²) in [6, 6.07) is 7.75. The number of hydrogen-bond donors (Lipinski definition) is 2. The third-order valence-electron chi connectivity index (χ3n) is 5.95. The van der Waals surface area contributed by atoms with Gasteiger partial charge in [-0.3, -0.25) is 9.59 Å². The average Bonchev–Trinajstić information content (AvgIpc) is 3.29. The van der Waals surface area contributed by atoms with Crippen LogP contribution < -0.4 is 10.6 Å². The van der Waals surface area contributed by atoms with Crippen molar-refractivity contribution in [3.05, 3.63) is 29.8 Å². The number of benzene rings is 1. The third-order valence-corrected chi connectivity index (χ3v) is 5.95. The molecule has 6 heteroatoms. The Morgan fingerprint density at radius 3 is 2.92 bits per heavy atom. The summed E-state index contributed by atoms with van der Waals surface area (Å²) in [6.07, 6.45) is 4.14. The van der Waals surface area contributed by atoms with Crippen molar-refractivity contribution in [2.75, 3.05) is 11.9 Å². The van der Waals surface area contributed by atoms with E-state index in [1.165, 1.54) is 0 Å². The summed E-state index contributed by atoms with van der Waals surface area (Å²) in [6.45, 7) is 0.674. The maximum absolute atomic E-state index is 12.9. The average molecular weight is 327 g/mol. The van der Waals surface area contributed by atoms with Gasteiger partial charge in [-0.1, -0.05) is 12.1 Å². The number of amides is 2. The Bertz CT molecular complexity index is 715. The Labute approximate surface area is 140 Å². The molecule has 4 aliphatic rings. The molecule has 6 nitrogen and oxygen atoms in total. The highest BCUT2D eigenvalue weighted by Crippen LogP contribution is 2.47. The molecule has 4 atom stereocenters. The smallest absolute Gasteiger partial charge is 0.255 e. The third kappa shape index (κ3) is 1.86. The van der Waals surface area contributed by atoms with E-state index in [-0.39, 0.29) is 30.0 Å². The first kappa shape index (κ1) is 14.3. The van der Waals surface area contributed by atoms with Gasteiger partial charge in [-0.2, -0.15) is 0 Å². The van der Waals surface area contributed by atoms with Crippen molar-refractivity contribution in [3.63, 3.8) is 0 Å². The number of hydrogen-bond acceptors (Lipinski definition) is 4. The van der Waals surface area contributed by atoms with E-state index >= 15 is 0 Å². The van der Waals surface area contributed by atoms with Crippen LogP contribution in [-0.2, 0) is 9.53 Å². The minimum absolute atomic E-state index is 0.00324. The maximum atomic E-state index is 12.9. The Morgan fingerprint density at radius 1 is 1.21 bits per heavy atom. The van der Waals surface area contributed by atoms with Gasteiger partial charge in [-0.15, -0.1) is 0 Å². The van der Waals surface area contributed by atoms with Crippen LogP contribution in [0.1, 0.15) is 42.5 Å². The lowest BCUT2D eigenvalue weighted by atomic mass is 9.86. The molecule has 2 bridgehead atoms. The topological polar surface area (TPSA) is 70.7 Å². The molecule has 1 spiro atoms. The standard InChI is InChI=1S/C18H21N3O3/c22-16-12-4-1-2-5-13(12)19-18(20-16)10-11-7-8-15(18)21(11)17(23)14-6-3-9-24-14/h1-2,4-5,11,14-15,19H,3,6-10H2,(H,20,22)/t11-,14+,15+,18-/m1/s1. The molecule has 0 aromatic heterocycles. The Hall–Kier alpha value is -2.08. The van der Waals surface area contributed by atoms with Gasteiger partial charge >= 0.3 is 0 Å². The summed E-state index contributed by atoms with van der Waals surface area (Å²) in [5.74, 6) is 0.0493. The summed E-state index contributed by atoms with van der Waals surface area (Å²) < 4.78 is 5.61. The summed E-state index contributed by atoms with van der Waals surface area (Å²) in [5, 5.41) is 6.71. The van der Waals surface area contributed by atoms with Crippen LogP contribution >= 0.6 is 0 Å². The molecule has 2 N–H and O–H groups in total. The molecule has 5 rings (SSSR count). The molecule has 0 saturated carbocycles. The molecule has 24 heavy (non-hydrogen) atoms. The highest BCUT2D eigenvalue weighted by Gasteiger charge is 2.60. The van der Waals surface area contributed by atoms with E-state index in [0.717, 1.165) is 37.8 Å². The van der Waals surface area contributed by atoms with Gasteiger partial charge in [0.15, 0.2) is 0 Å². The van der Waals surface area contributed by atoms with Crippen LogP contribution in [-0.4, -0.2) is 47.2 Å². The first-order valence-electron chi connectivity index (χ1n) is 8.81. The zero-order valence-electron chi connectivity index (χ0n) is 13.5. The summed E-state index contributed by atoms with van der Waals surface area (Å²) in [5.41, 5.74) is 0.990. The minimum Gasteiger partial charge on any atom is -0.368 e. The van der Waals surface area contributed by atoms with Crippen LogP contribution in [0.3, 0.4) is 0 Å². The zero-order valence-corrected chi connectivity index (χ0v) is 13.5. The van der Waals surface area contributed by atoms with E-state index in [1.807, 2.05) is 29.2 Å². The lowest BCUT2D eigenvalue weighted by molar-refractivity contribution is -0.142. The molecule has 0 unspecified atom stereocenters. The van der Waals surface area contributed by atoms with E-state index in [9.17, 15) is 9.59 Å². The first-order valence-corrected chi connectivity index (χ1v) is 8.81.